The van der Waals surface area contributed by atoms with Crippen LogP contribution in [-0.2, 0) is 78.6 Å². The van der Waals surface area contributed by atoms with Crippen molar-refractivity contribution in [2.75, 3.05) is 6.67 Å². The molecule has 4 aromatic rings. The first-order chi connectivity index (χ1) is 40.7. The normalized spacial score (nSPS) is 14.5. The maximum Gasteiger partial charge on any atom is 0.408 e. The van der Waals surface area contributed by atoms with Crippen molar-refractivity contribution in [3.63, 3.8) is 0 Å². The van der Waals surface area contributed by atoms with Gasteiger partial charge in [0.15, 0.2) is 0 Å². The van der Waals surface area contributed by atoms with Crippen LogP contribution in [-0.4, -0.2) is 108 Å². The summed E-state index contributed by atoms with van der Waals surface area (Å²) in [7, 11) is 0. The molecule has 9 atom stereocenters. The number of hydrogen-bond donors (Lipinski definition) is 8. The van der Waals surface area contributed by atoms with Gasteiger partial charge in [0, 0.05) is 6.42 Å². The molecule has 0 aliphatic carbocycles. The Balaban J connectivity index is 1.58. The molecule has 0 saturated carbocycles. The highest BCUT2D eigenvalue weighted by molar-refractivity contribution is 6.03. The number of nitrogens with one attached hydrogen (secondary N) is 8. The Kier molecular flexibility index (Phi) is 28.9. The molecular formula is C66H92N8O12. The molecule has 4 aromatic carbocycles. The van der Waals surface area contributed by atoms with Crippen molar-refractivity contribution < 1.29 is 57.4 Å². The molecule has 0 aromatic heterocycles. The molecule has 8 N–H and O–H groups in total. The molecule has 4 rings (SSSR count). The van der Waals surface area contributed by atoms with Crippen molar-refractivity contribution in [1.82, 2.24) is 42.5 Å². The van der Waals surface area contributed by atoms with Gasteiger partial charge in [-0.2, -0.15) is 0 Å². The summed E-state index contributed by atoms with van der Waals surface area (Å²) in [5, 5.41) is 21.9. The molecule has 0 bridgehead atoms. The molecule has 1 unspecified atom stereocenters. The number of carbonyl (C=O) groups excluding carboxylic acids is 9. The lowest BCUT2D eigenvalue weighted by Gasteiger charge is -2.30. The predicted molar refractivity (Wildman–Crippen MR) is 328 cm³/mol. The number of benzene rings is 4. The third kappa shape index (κ3) is 24.8. The van der Waals surface area contributed by atoms with E-state index in [4.69, 9.17) is 14.2 Å². The summed E-state index contributed by atoms with van der Waals surface area (Å²) in [5.74, 6) is -8.26. The van der Waals surface area contributed by atoms with Crippen LogP contribution in [0.5, 0.6) is 0 Å². The molecule has 0 saturated heterocycles. The number of alkyl carbamates (subject to hydrolysis) is 1. The number of rotatable bonds is 33. The lowest BCUT2D eigenvalue weighted by molar-refractivity contribution is -0.150. The van der Waals surface area contributed by atoms with E-state index < -0.39 is 120 Å². The molecule has 0 spiro atoms. The first-order valence-electron chi connectivity index (χ1n) is 29.8. The summed E-state index contributed by atoms with van der Waals surface area (Å²) in [6.07, 6.45) is -0.979. The van der Waals surface area contributed by atoms with E-state index >= 15 is 0 Å². The van der Waals surface area contributed by atoms with Crippen LogP contribution in [0.2, 0.25) is 0 Å². The van der Waals surface area contributed by atoms with E-state index in [1.54, 1.807) is 109 Å². The molecule has 86 heavy (non-hydrogen) atoms. The van der Waals surface area contributed by atoms with Crippen molar-refractivity contribution in [1.29, 1.82) is 0 Å². The fourth-order valence-corrected chi connectivity index (χ4v) is 9.15. The quantitative estimate of drug-likeness (QED) is 0.0140. The van der Waals surface area contributed by atoms with Crippen molar-refractivity contribution >= 4 is 53.4 Å². The van der Waals surface area contributed by atoms with Crippen molar-refractivity contribution in [2.45, 2.75) is 176 Å². The maximum absolute atomic E-state index is 14.8. The fourth-order valence-electron chi connectivity index (χ4n) is 9.15. The van der Waals surface area contributed by atoms with E-state index in [1.165, 1.54) is 0 Å². The molecule has 0 fully saturated rings. The van der Waals surface area contributed by atoms with E-state index in [9.17, 15) is 43.2 Å². The minimum Gasteiger partial charge on any atom is -0.459 e. The molecule has 0 aliphatic heterocycles. The highest BCUT2D eigenvalue weighted by Crippen LogP contribution is 2.17. The van der Waals surface area contributed by atoms with Gasteiger partial charge in [0.1, 0.15) is 54.4 Å². The van der Waals surface area contributed by atoms with Crippen LogP contribution in [0.25, 0.3) is 0 Å². The Labute approximate surface area is 507 Å². The SMILES string of the molecule is CC[C@H](C)[C@H](NC(=O)OC(C)(C)C)C(=O)N[C@@H](CC(C)C)C(=O)NCNC(=O)C(Cc1ccccc1)C(=O)N[C@H](C(=O)N[C@@H](Cc1ccccc1)C(=O)N[C@H](C(=O)N[C@@H](CC(C)C)C(=O)OCc1ccccc1)[C@@H](C)OCc1ccccc1)C(C)C. The lowest BCUT2D eigenvalue weighted by atomic mass is 9.95. The molecule has 468 valence electrons. The predicted octanol–water partition coefficient (Wildman–Crippen LogP) is 6.74. The van der Waals surface area contributed by atoms with Crippen molar-refractivity contribution in [2.24, 2.45) is 29.6 Å². The maximum atomic E-state index is 14.8. The van der Waals surface area contributed by atoms with Gasteiger partial charge in [0.05, 0.1) is 19.4 Å². The second kappa shape index (κ2) is 35.4. The Hall–Kier alpha value is -8.13. The number of amides is 8. The smallest absolute Gasteiger partial charge is 0.408 e. The lowest BCUT2D eigenvalue weighted by Crippen LogP contribution is -2.61. The number of ether oxygens (including phenoxy) is 3. The van der Waals surface area contributed by atoms with E-state index in [-0.39, 0.29) is 56.7 Å². The van der Waals surface area contributed by atoms with Gasteiger partial charge in [0.25, 0.3) is 0 Å². The van der Waals surface area contributed by atoms with Gasteiger partial charge >= 0.3 is 12.1 Å². The molecule has 0 heterocycles. The Bertz CT molecular complexity index is 2800. The highest BCUT2D eigenvalue weighted by atomic mass is 16.6. The number of hydrogen-bond acceptors (Lipinski definition) is 12. The first-order valence-corrected chi connectivity index (χ1v) is 29.8. The third-order valence-electron chi connectivity index (χ3n) is 14.0. The van der Waals surface area contributed by atoms with Crippen LogP contribution in [0.15, 0.2) is 121 Å². The molecule has 0 radical (unpaired) electrons. The van der Waals surface area contributed by atoms with Crippen LogP contribution in [0, 0.1) is 29.6 Å². The second-order valence-corrected chi connectivity index (χ2v) is 24.0. The summed E-state index contributed by atoms with van der Waals surface area (Å²) in [4.78, 5) is 127. The Morgan fingerprint density at radius 1 is 0.442 bits per heavy atom. The van der Waals surface area contributed by atoms with Crippen LogP contribution in [0.4, 0.5) is 4.79 Å². The van der Waals surface area contributed by atoms with Crippen LogP contribution >= 0.6 is 0 Å². The standard InChI is InChI=1S/C66H92N8O12/c1-13-44(8)55(74-65(83)86-66(10,11)12)62(80)69-51(34-41(2)3)59(77)68-40-67-57(75)50(36-46-26-18-14-19-27-46)58(76)72-54(43(6)7)61(79)70-52(37-47-28-20-15-21-29-47)60(78)73-56(45(9)84-38-48-30-22-16-23-31-48)63(81)71-53(35-42(4)5)64(82)85-39-49-32-24-17-25-33-49/h14-33,41-45,50-56H,13,34-40H2,1-12H3,(H,67,75)(H,68,77)(H,69,80)(H,70,79)(H,71,81)(H,72,76)(H,73,78)(H,74,83)/t44-,45+,50?,51-,52-,53-,54-,55-,56-/m0/s1. The van der Waals surface area contributed by atoms with Crippen molar-refractivity contribution in [3.8, 4) is 0 Å². The summed E-state index contributed by atoms with van der Waals surface area (Å²) in [6.45, 7) is 20.9. The molecule has 20 nitrogen and oxygen atoms in total. The van der Waals surface area contributed by atoms with Crippen molar-refractivity contribution in [3.05, 3.63) is 144 Å². The highest BCUT2D eigenvalue weighted by Gasteiger charge is 2.38. The van der Waals surface area contributed by atoms with Crippen LogP contribution in [0.1, 0.15) is 125 Å². The number of esters is 1. The summed E-state index contributed by atoms with van der Waals surface area (Å²) in [5.41, 5.74) is 2.01. The summed E-state index contributed by atoms with van der Waals surface area (Å²) < 4.78 is 17.3. The van der Waals surface area contributed by atoms with E-state index in [0.717, 1.165) is 11.1 Å². The van der Waals surface area contributed by atoms with Gasteiger partial charge in [-0.25, -0.2) is 9.59 Å². The van der Waals surface area contributed by atoms with Crippen LogP contribution in [0.3, 0.4) is 0 Å². The topological polar surface area (TPSA) is 278 Å². The first kappa shape index (κ1) is 70.4. The minimum absolute atomic E-state index is 0.0253. The number of carbonyl (C=O) groups is 9. The average Bonchev–Trinajstić information content (AvgIpc) is 3.54. The van der Waals surface area contributed by atoms with E-state index in [1.807, 2.05) is 95.3 Å². The van der Waals surface area contributed by atoms with E-state index in [2.05, 4.69) is 42.5 Å². The molecule has 8 amide bonds. The van der Waals surface area contributed by atoms with Gasteiger partial charge in [-0.3, -0.25) is 33.6 Å². The van der Waals surface area contributed by atoms with Gasteiger partial charge in [-0.05, 0) is 92.9 Å². The van der Waals surface area contributed by atoms with E-state index in [0.29, 0.717) is 17.5 Å². The Morgan fingerprint density at radius 3 is 1.40 bits per heavy atom. The van der Waals surface area contributed by atoms with Gasteiger partial charge in [-0.15, -0.1) is 0 Å². The van der Waals surface area contributed by atoms with Gasteiger partial charge < -0.3 is 56.7 Å². The van der Waals surface area contributed by atoms with Gasteiger partial charge in [-0.1, -0.05) is 183 Å². The summed E-state index contributed by atoms with van der Waals surface area (Å²) >= 11 is 0. The zero-order valence-corrected chi connectivity index (χ0v) is 52.0. The largest absolute Gasteiger partial charge is 0.459 e. The summed E-state index contributed by atoms with van der Waals surface area (Å²) in [6, 6.07) is 28.7. The monoisotopic (exact) mass is 1190 g/mol. The molecule has 20 heteroatoms. The Morgan fingerprint density at radius 2 is 0.884 bits per heavy atom. The third-order valence-corrected chi connectivity index (χ3v) is 14.0. The average molecular weight is 1190 g/mol. The second-order valence-electron chi connectivity index (χ2n) is 24.0. The van der Waals surface area contributed by atoms with Crippen LogP contribution < -0.4 is 42.5 Å². The molecule has 0 aliphatic rings. The van der Waals surface area contributed by atoms with Gasteiger partial charge in [0.2, 0.25) is 41.4 Å². The zero-order chi connectivity index (χ0) is 63.5. The fraction of sp³-hybridized carbons (Fsp3) is 0.500. The molecular weight excluding hydrogens is 1100 g/mol. The zero-order valence-electron chi connectivity index (χ0n) is 52.0. The minimum atomic E-state index is -1.44.